The first kappa shape index (κ1) is 17.2. The van der Waals surface area contributed by atoms with E-state index < -0.39 is 4.92 Å². The van der Waals surface area contributed by atoms with Crippen LogP contribution in [0.2, 0.25) is 5.02 Å². The van der Waals surface area contributed by atoms with Crippen LogP contribution in [0.25, 0.3) is 17.4 Å². The van der Waals surface area contributed by atoms with Gasteiger partial charge < -0.3 is 4.42 Å². The lowest BCUT2D eigenvalue weighted by atomic mass is 10.1. The normalized spacial score (nSPS) is 16.1. The number of hydrogen-bond acceptors (Lipinski definition) is 6. The molecule has 1 aromatic heterocycles. The molecule has 0 aliphatic carbocycles. The van der Waals surface area contributed by atoms with Gasteiger partial charge in [-0.25, -0.2) is 0 Å². The first-order valence-electron chi connectivity index (χ1n) is 7.20. The first-order chi connectivity index (χ1) is 11.9. The standard InChI is InChI=1S/C16H11ClN2O5S/c1-2-18-15(20)14(25-16(18)21)8-10-4-6-13(24-10)11-5-3-9(19(22)23)7-12(11)17/h3-8H,2H2,1H3/b14-8+. The number of benzene rings is 1. The minimum Gasteiger partial charge on any atom is -0.457 e. The van der Waals surface area contributed by atoms with Gasteiger partial charge in [-0.2, -0.15) is 0 Å². The number of carbonyl (C=O) groups is 2. The Kier molecular flexibility index (Phi) is 4.65. The van der Waals surface area contributed by atoms with Crippen LogP contribution in [0, 0.1) is 10.1 Å². The molecule has 9 heteroatoms. The molecule has 0 atom stereocenters. The Balaban J connectivity index is 1.89. The Hall–Kier alpha value is -2.58. The van der Waals surface area contributed by atoms with Gasteiger partial charge in [-0.1, -0.05) is 11.6 Å². The molecule has 128 valence electrons. The average Bonchev–Trinajstić information content (AvgIpc) is 3.12. The Bertz CT molecular complexity index is 921. The lowest BCUT2D eigenvalue weighted by Gasteiger charge is -2.06. The summed E-state index contributed by atoms with van der Waals surface area (Å²) in [5.41, 5.74) is 0.377. The highest BCUT2D eigenvalue weighted by atomic mass is 35.5. The van der Waals surface area contributed by atoms with Crippen molar-refractivity contribution in [2.45, 2.75) is 6.92 Å². The van der Waals surface area contributed by atoms with Crippen molar-refractivity contribution in [2.75, 3.05) is 6.54 Å². The van der Waals surface area contributed by atoms with Crippen LogP contribution in [-0.2, 0) is 4.79 Å². The van der Waals surface area contributed by atoms with Crippen LogP contribution in [0.3, 0.4) is 0 Å². The molecule has 0 spiro atoms. The summed E-state index contributed by atoms with van der Waals surface area (Å²) in [5, 5.41) is 10.6. The number of nitro benzene ring substituents is 1. The van der Waals surface area contributed by atoms with Crippen molar-refractivity contribution in [3.05, 3.63) is 56.1 Å². The van der Waals surface area contributed by atoms with Crippen molar-refractivity contribution in [3.8, 4) is 11.3 Å². The van der Waals surface area contributed by atoms with E-state index in [1.54, 1.807) is 19.1 Å². The maximum Gasteiger partial charge on any atom is 0.293 e. The molecule has 3 rings (SSSR count). The molecule has 0 saturated carbocycles. The molecule has 25 heavy (non-hydrogen) atoms. The smallest absolute Gasteiger partial charge is 0.293 e. The van der Waals surface area contributed by atoms with Crippen LogP contribution in [0.15, 0.2) is 39.7 Å². The van der Waals surface area contributed by atoms with E-state index in [2.05, 4.69) is 0 Å². The minimum absolute atomic E-state index is 0.117. The average molecular weight is 379 g/mol. The number of imide groups is 1. The number of non-ortho nitro benzene ring substituents is 1. The third-order valence-electron chi connectivity index (χ3n) is 3.52. The van der Waals surface area contributed by atoms with Crippen LogP contribution in [-0.4, -0.2) is 27.5 Å². The van der Waals surface area contributed by atoms with Crippen molar-refractivity contribution < 1.29 is 18.9 Å². The summed E-state index contributed by atoms with van der Waals surface area (Å²) in [6.07, 6.45) is 1.49. The highest BCUT2D eigenvalue weighted by molar-refractivity contribution is 8.18. The molecule has 1 aliphatic heterocycles. The molecule has 2 heterocycles. The number of thioether (sulfide) groups is 1. The van der Waals surface area contributed by atoms with Gasteiger partial charge in [-0.05, 0) is 36.9 Å². The summed E-state index contributed by atoms with van der Waals surface area (Å²) in [4.78, 5) is 35.4. The zero-order valence-electron chi connectivity index (χ0n) is 12.9. The number of hydrogen-bond donors (Lipinski definition) is 0. The predicted molar refractivity (Wildman–Crippen MR) is 94.2 cm³/mol. The van der Waals surface area contributed by atoms with Crippen molar-refractivity contribution >= 4 is 46.3 Å². The van der Waals surface area contributed by atoms with E-state index in [0.717, 1.165) is 16.7 Å². The molecular formula is C16H11ClN2O5S. The summed E-state index contributed by atoms with van der Waals surface area (Å²) >= 11 is 6.93. The van der Waals surface area contributed by atoms with Gasteiger partial charge in [-0.3, -0.25) is 24.6 Å². The molecule has 1 fully saturated rings. The van der Waals surface area contributed by atoms with Gasteiger partial charge in [0.1, 0.15) is 11.5 Å². The third kappa shape index (κ3) is 3.31. The number of likely N-dealkylation sites (N-methyl/N-ethyl adjacent to an activating group) is 1. The zero-order chi connectivity index (χ0) is 18.1. The second-order valence-electron chi connectivity index (χ2n) is 5.05. The van der Waals surface area contributed by atoms with Gasteiger partial charge in [0.15, 0.2) is 0 Å². The number of halogens is 1. The molecule has 1 aliphatic rings. The summed E-state index contributed by atoms with van der Waals surface area (Å²) in [6.45, 7) is 2.03. The number of carbonyl (C=O) groups excluding carboxylic acids is 2. The van der Waals surface area contributed by atoms with Gasteiger partial charge in [0.05, 0.1) is 14.9 Å². The van der Waals surface area contributed by atoms with Crippen molar-refractivity contribution in [1.29, 1.82) is 0 Å². The van der Waals surface area contributed by atoms with Gasteiger partial charge in [0.25, 0.3) is 16.8 Å². The topological polar surface area (TPSA) is 93.7 Å². The first-order valence-corrected chi connectivity index (χ1v) is 8.39. The molecule has 0 N–H and O–H groups in total. The van der Waals surface area contributed by atoms with Gasteiger partial charge in [0, 0.05) is 30.3 Å². The van der Waals surface area contributed by atoms with Crippen LogP contribution >= 0.6 is 23.4 Å². The SMILES string of the molecule is CCN1C(=O)S/C(=C/c2ccc(-c3ccc([N+](=O)[O-])cc3Cl)o2)C1=O. The number of nitrogens with zero attached hydrogens (tertiary/aromatic N) is 2. The third-order valence-corrected chi connectivity index (χ3v) is 4.74. The Morgan fingerprint density at radius 2 is 2.08 bits per heavy atom. The Labute approximate surface area is 151 Å². The lowest BCUT2D eigenvalue weighted by Crippen LogP contribution is -2.27. The molecule has 2 amide bonds. The fraction of sp³-hybridized carbons (Fsp3) is 0.125. The summed E-state index contributed by atoms with van der Waals surface area (Å²) in [7, 11) is 0. The van der Waals surface area contributed by atoms with E-state index in [-0.39, 0.29) is 26.8 Å². The Morgan fingerprint density at radius 1 is 1.32 bits per heavy atom. The van der Waals surface area contributed by atoms with E-state index in [1.807, 2.05) is 0 Å². The van der Waals surface area contributed by atoms with Gasteiger partial charge in [-0.15, -0.1) is 0 Å². The van der Waals surface area contributed by atoms with Crippen LogP contribution in [0.1, 0.15) is 12.7 Å². The number of furan rings is 1. The molecule has 1 aromatic carbocycles. The largest absolute Gasteiger partial charge is 0.457 e. The number of nitro groups is 1. The van der Waals surface area contributed by atoms with Gasteiger partial charge >= 0.3 is 0 Å². The maximum atomic E-state index is 12.1. The number of rotatable bonds is 4. The fourth-order valence-corrected chi connectivity index (χ4v) is 3.45. The molecule has 0 bridgehead atoms. The highest BCUT2D eigenvalue weighted by Crippen LogP contribution is 2.35. The molecular weight excluding hydrogens is 368 g/mol. The van der Waals surface area contributed by atoms with Gasteiger partial charge in [0.2, 0.25) is 0 Å². The predicted octanol–water partition coefficient (Wildman–Crippen LogP) is 4.56. The van der Waals surface area contributed by atoms with Crippen LogP contribution < -0.4 is 0 Å². The summed E-state index contributed by atoms with van der Waals surface area (Å²) in [5.74, 6) is 0.427. The van der Waals surface area contributed by atoms with Crippen molar-refractivity contribution in [2.24, 2.45) is 0 Å². The number of amides is 2. The lowest BCUT2D eigenvalue weighted by molar-refractivity contribution is -0.384. The van der Waals surface area contributed by atoms with E-state index in [0.29, 0.717) is 23.6 Å². The maximum absolute atomic E-state index is 12.1. The van der Waals surface area contributed by atoms with Crippen molar-refractivity contribution in [1.82, 2.24) is 4.90 Å². The molecule has 1 saturated heterocycles. The summed E-state index contributed by atoms with van der Waals surface area (Å²) in [6, 6.07) is 7.34. The molecule has 2 aromatic rings. The quantitative estimate of drug-likeness (QED) is 0.439. The molecule has 7 nitrogen and oxygen atoms in total. The van der Waals surface area contributed by atoms with E-state index in [4.69, 9.17) is 16.0 Å². The molecule has 0 unspecified atom stereocenters. The van der Waals surface area contributed by atoms with E-state index in [1.165, 1.54) is 24.3 Å². The monoisotopic (exact) mass is 378 g/mol. The molecule has 0 radical (unpaired) electrons. The minimum atomic E-state index is -0.535. The van der Waals surface area contributed by atoms with E-state index >= 15 is 0 Å². The van der Waals surface area contributed by atoms with Crippen molar-refractivity contribution in [3.63, 3.8) is 0 Å². The van der Waals surface area contributed by atoms with E-state index in [9.17, 15) is 19.7 Å². The van der Waals surface area contributed by atoms with Crippen LogP contribution in [0.4, 0.5) is 10.5 Å². The van der Waals surface area contributed by atoms with Crippen LogP contribution in [0.5, 0.6) is 0 Å². The zero-order valence-corrected chi connectivity index (χ0v) is 14.5. The fourth-order valence-electron chi connectivity index (χ4n) is 2.29. The second-order valence-corrected chi connectivity index (χ2v) is 6.45. The second kappa shape index (κ2) is 6.73. The Morgan fingerprint density at radius 3 is 2.68 bits per heavy atom. The highest BCUT2D eigenvalue weighted by Gasteiger charge is 2.33. The summed E-state index contributed by atoms with van der Waals surface area (Å²) < 4.78 is 5.64.